The maximum absolute atomic E-state index is 12.9. The van der Waals surface area contributed by atoms with Gasteiger partial charge in [0.1, 0.15) is 4.90 Å². The van der Waals surface area contributed by atoms with Gasteiger partial charge in [-0.3, -0.25) is 4.68 Å². The van der Waals surface area contributed by atoms with E-state index in [1.807, 2.05) is 12.3 Å². The predicted octanol–water partition coefficient (Wildman–Crippen LogP) is 1.51. The van der Waals surface area contributed by atoms with Gasteiger partial charge in [-0.15, -0.1) is 11.3 Å². The molecule has 0 aromatic carbocycles. The van der Waals surface area contributed by atoms with Crippen molar-refractivity contribution >= 4 is 26.5 Å². The zero-order valence-electron chi connectivity index (χ0n) is 14.7. The second-order valence-electron chi connectivity index (χ2n) is 6.66. The number of sulfonamides is 1. The van der Waals surface area contributed by atoms with Crippen LogP contribution in [0.2, 0.25) is 0 Å². The fourth-order valence-electron chi connectivity index (χ4n) is 3.36. The van der Waals surface area contributed by atoms with E-state index in [0.29, 0.717) is 39.4 Å². The molecule has 0 N–H and O–H groups in total. The normalized spacial score (nSPS) is 20.6. The number of hydrogen-bond acceptors (Lipinski definition) is 7. The van der Waals surface area contributed by atoms with Gasteiger partial charge in [0, 0.05) is 51.0 Å². The van der Waals surface area contributed by atoms with Gasteiger partial charge in [-0.1, -0.05) is 0 Å². The Hall–Kier alpha value is -1.49. The zero-order valence-corrected chi connectivity index (χ0v) is 16.4. The topological polar surface area (TPSA) is 80.6 Å². The second-order valence-corrected chi connectivity index (χ2v) is 9.44. The maximum Gasteiger partial charge on any atom is 0.246 e. The molecule has 0 spiro atoms. The summed E-state index contributed by atoms with van der Waals surface area (Å²) in [6, 6.07) is 0.220. The Balaban J connectivity index is 1.43. The van der Waals surface area contributed by atoms with Gasteiger partial charge in [-0.05, 0) is 19.8 Å². The molecule has 0 atom stereocenters. The minimum atomic E-state index is -3.51. The molecule has 4 rings (SSSR count). The number of rotatable bonds is 4. The quantitative estimate of drug-likeness (QED) is 0.778. The average Bonchev–Trinajstić information content (AvgIpc) is 3.32. The van der Waals surface area contributed by atoms with Crippen molar-refractivity contribution < 1.29 is 13.2 Å². The highest BCUT2D eigenvalue weighted by molar-refractivity contribution is 7.89. The summed E-state index contributed by atoms with van der Waals surface area (Å²) in [5, 5.41) is 7.28. The van der Waals surface area contributed by atoms with Crippen molar-refractivity contribution in [2.75, 3.05) is 44.3 Å². The lowest BCUT2D eigenvalue weighted by Crippen LogP contribution is -2.48. The summed E-state index contributed by atoms with van der Waals surface area (Å²) in [7, 11) is -3.51. The van der Waals surface area contributed by atoms with Crippen LogP contribution in [0.1, 0.15) is 24.6 Å². The fourth-order valence-corrected chi connectivity index (χ4v) is 5.58. The monoisotopic (exact) mass is 397 g/mol. The molecule has 2 aliphatic heterocycles. The molecule has 0 saturated carbocycles. The molecule has 0 radical (unpaired) electrons. The van der Waals surface area contributed by atoms with Crippen LogP contribution >= 0.6 is 11.3 Å². The lowest BCUT2D eigenvalue weighted by molar-refractivity contribution is 0.0662. The summed E-state index contributed by atoms with van der Waals surface area (Å²) in [5.41, 5.74) is 1.00. The lowest BCUT2D eigenvalue weighted by atomic mass is 10.1. The van der Waals surface area contributed by atoms with Gasteiger partial charge in [0.2, 0.25) is 10.0 Å². The van der Waals surface area contributed by atoms with Gasteiger partial charge in [0.05, 0.1) is 17.9 Å². The van der Waals surface area contributed by atoms with Crippen LogP contribution in [-0.2, 0) is 14.8 Å². The van der Waals surface area contributed by atoms with Gasteiger partial charge >= 0.3 is 0 Å². The molecule has 2 aromatic heterocycles. The van der Waals surface area contributed by atoms with Crippen LogP contribution in [0.3, 0.4) is 0 Å². The minimum Gasteiger partial charge on any atom is -0.381 e. The van der Waals surface area contributed by atoms with Crippen LogP contribution in [0.15, 0.2) is 22.7 Å². The SMILES string of the molecule is Cc1csc(N2CCN(S(=O)(=O)c3cnn(C4CCOCC4)c3)CC2)n1. The highest BCUT2D eigenvalue weighted by atomic mass is 32.2. The molecule has 8 nitrogen and oxygen atoms in total. The molecule has 4 heterocycles. The smallest absolute Gasteiger partial charge is 0.246 e. The number of nitrogens with zero attached hydrogens (tertiary/aromatic N) is 5. The van der Waals surface area contributed by atoms with Crippen molar-refractivity contribution in [2.24, 2.45) is 0 Å². The predicted molar refractivity (Wildman–Crippen MR) is 99.1 cm³/mol. The summed E-state index contributed by atoms with van der Waals surface area (Å²) in [4.78, 5) is 6.92. The fraction of sp³-hybridized carbons (Fsp3) is 0.625. The lowest BCUT2D eigenvalue weighted by Gasteiger charge is -2.33. The Morgan fingerprint density at radius 1 is 1.19 bits per heavy atom. The van der Waals surface area contributed by atoms with Gasteiger partial charge in [-0.25, -0.2) is 13.4 Å². The third kappa shape index (κ3) is 3.51. The Bertz CT molecular complexity index is 849. The van der Waals surface area contributed by atoms with E-state index in [0.717, 1.165) is 23.7 Å². The van der Waals surface area contributed by atoms with Crippen molar-refractivity contribution in [1.82, 2.24) is 19.1 Å². The second kappa shape index (κ2) is 7.26. The molecule has 2 aliphatic rings. The first-order valence-electron chi connectivity index (χ1n) is 8.83. The van der Waals surface area contributed by atoms with Crippen molar-refractivity contribution in [1.29, 1.82) is 0 Å². The van der Waals surface area contributed by atoms with Crippen molar-refractivity contribution in [3.05, 3.63) is 23.5 Å². The minimum absolute atomic E-state index is 0.220. The van der Waals surface area contributed by atoms with E-state index in [1.54, 1.807) is 26.5 Å². The van der Waals surface area contributed by atoms with E-state index in [1.165, 1.54) is 6.20 Å². The van der Waals surface area contributed by atoms with Crippen LogP contribution in [0, 0.1) is 6.92 Å². The number of anilines is 1. The van der Waals surface area contributed by atoms with Crippen molar-refractivity contribution in [3.8, 4) is 0 Å². The Labute approximate surface area is 157 Å². The molecule has 2 aromatic rings. The van der Waals surface area contributed by atoms with Gasteiger partial charge in [0.15, 0.2) is 5.13 Å². The van der Waals surface area contributed by atoms with Gasteiger partial charge < -0.3 is 9.64 Å². The van der Waals surface area contributed by atoms with E-state index >= 15 is 0 Å². The largest absolute Gasteiger partial charge is 0.381 e. The van der Waals surface area contributed by atoms with Gasteiger partial charge in [-0.2, -0.15) is 9.40 Å². The molecule has 2 fully saturated rings. The molecule has 2 saturated heterocycles. The maximum atomic E-state index is 12.9. The molecule has 142 valence electrons. The first-order valence-corrected chi connectivity index (χ1v) is 11.1. The first kappa shape index (κ1) is 17.9. The molecular formula is C16H23N5O3S2. The Morgan fingerprint density at radius 2 is 1.92 bits per heavy atom. The number of aryl methyl sites for hydroxylation is 1. The number of thiazole rings is 1. The summed E-state index contributed by atoms with van der Waals surface area (Å²) >= 11 is 1.60. The molecule has 10 heteroatoms. The summed E-state index contributed by atoms with van der Waals surface area (Å²) in [5.74, 6) is 0. The number of piperazine rings is 1. The third-order valence-corrected chi connectivity index (χ3v) is 7.77. The summed E-state index contributed by atoms with van der Waals surface area (Å²) in [6.45, 7) is 5.60. The average molecular weight is 398 g/mol. The first-order chi connectivity index (χ1) is 12.5. The molecule has 26 heavy (non-hydrogen) atoms. The van der Waals surface area contributed by atoms with Crippen LogP contribution in [0.25, 0.3) is 0 Å². The standard InChI is InChI=1S/C16H23N5O3S2/c1-13-12-25-16(18-13)19-4-6-20(7-5-19)26(22,23)15-10-17-21(11-15)14-2-8-24-9-3-14/h10-12,14H,2-9H2,1H3. The zero-order chi connectivity index (χ0) is 18.1. The van der Waals surface area contributed by atoms with E-state index in [2.05, 4.69) is 15.0 Å². The Kier molecular flexibility index (Phi) is 5.00. The highest BCUT2D eigenvalue weighted by Crippen LogP contribution is 2.25. The number of hydrogen-bond donors (Lipinski definition) is 0. The van der Waals surface area contributed by atoms with Gasteiger partial charge in [0.25, 0.3) is 0 Å². The van der Waals surface area contributed by atoms with Crippen LogP contribution in [0.4, 0.5) is 5.13 Å². The number of ether oxygens (including phenoxy) is 1. The molecule has 0 aliphatic carbocycles. The molecular weight excluding hydrogens is 374 g/mol. The van der Waals surface area contributed by atoms with Crippen LogP contribution < -0.4 is 4.90 Å². The van der Waals surface area contributed by atoms with E-state index in [-0.39, 0.29) is 10.9 Å². The van der Waals surface area contributed by atoms with Crippen LogP contribution in [0.5, 0.6) is 0 Å². The molecule has 0 unspecified atom stereocenters. The molecule has 0 bridgehead atoms. The van der Waals surface area contributed by atoms with Crippen LogP contribution in [-0.4, -0.2) is 66.9 Å². The van der Waals surface area contributed by atoms with E-state index in [4.69, 9.17) is 4.74 Å². The summed E-state index contributed by atoms with van der Waals surface area (Å²) in [6.07, 6.45) is 4.88. The Morgan fingerprint density at radius 3 is 2.58 bits per heavy atom. The van der Waals surface area contributed by atoms with Crippen molar-refractivity contribution in [2.45, 2.75) is 30.7 Å². The molecule has 0 amide bonds. The van der Waals surface area contributed by atoms with E-state index < -0.39 is 10.0 Å². The summed E-state index contributed by atoms with van der Waals surface area (Å²) < 4.78 is 34.6. The highest BCUT2D eigenvalue weighted by Gasteiger charge is 2.31. The third-order valence-electron chi connectivity index (χ3n) is 4.90. The van der Waals surface area contributed by atoms with E-state index in [9.17, 15) is 8.42 Å². The van der Waals surface area contributed by atoms with Crippen molar-refractivity contribution in [3.63, 3.8) is 0 Å². The number of aromatic nitrogens is 3.